The number of halogens is 1. The van der Waals surface area contributed by atoms with Gasteiger partial charge in [0, 0.05) is 23.7 Å². The van der Waals surface area contributed by atoms with Gasteiger partial charge in [0.2, 0.25) is 0 Å². The molecule has 2 heterocycles. The van der Waals surface area contributed by atoms with Gasteiger partial charge in [0.15, 0.2) is 6.10 Å². The van der Waals surface area contributed by atoms with E-state index in [0.29, 0.717) is 22.3 Å². The molecule has 34 heavy (non-hydrogen) atoms. The number of anilines is 1. The number of nitrogens with zero attached hydrogens (tertiary/aromatic N) is 3. The fraction of sp³-hybridized carbons (Fsp3) is 0.0833. The number of carbonyl (C=O) groups excluding carboxylic acids is 2. The number of fused-ring (bicyclic) bond motifs is 1. The Balaban J connectivity index is 1.57. The maximum Gasteiger partial charge on any atom is 0.339 e. The minimum Gasteiger partial charge on any atom is -0.449 e. The van der Waals surface area contributed by atoms with Crippen LogP contribution in [-0.2, 0) is 9.53 Å². The lowest BCUT2D eigenvalue weighted by molar-refractivity contribution is -0.384. The number of hydrogen-bond acceptors (Lipinski definition) is 7. The Morgan fingerprint density at radius 3 is 2.53 bits per heavy atom. The van der Waals surface area contributed by atoms with E-state index in [2.05, 4.69) is 15.3 Å². The zero-order valence-electron chi connectivity index (χ0n) is 17.8. The molecule has 1 N–H and O–H groups in total. The van der Waals surface area contributed by atoms with E-state index in [-0.39, 0.29) is 22.0 Å². The lowest BCUT2D eigenvalue weighted by atomic mass is 10.1. The summed E-state index contributed by atoms with van der Waals surface area (Å²) in [6, 6.07) is 17.7. The molecule has 0 saturated carbocycles. The second kappa shape index (κ2) is 9.63. The molecule has 1 amide bonds. The molecule has 0 saturated heterocycles. The van der Waals surface area contributed by atoms with Crippen molar-refractivity contribution in [2.24, 2.45) is 0 Å². The zero-order chi connectivity index (χ0) is 24.2. The third kappa shape index (κ3) is 4.84. The van der Waals surface area contributed by atoms with Gasteiger partial charge in [-0.15, -0.1) is 0 Å². The molecule has 4 aromatic rings. The summed E-state index contributed by atoms with van der Waals surface area (Å²) < 4.78 is 5.42. The average molecular weight is 477 g/mol. The summed E-state index contributed by atoms with van der Waals surface area (Å²) >= 11 is 6.03. The highest BCUT2D eigenvalue weighted by Crippen LogP contribution is 2.27. The lowest BCUT2D eigenvalue weighted by Crippen LogP contribution is -2.30. The number of esters is 1. The minimum atomic E-state index is -1.18. The fourth-order valence-corrected chi connectivity index (χ4v) is 3.44. The van der Waals surface area contributed by atoms with E-state index < -0.39 is 22.9 Å². The van der Waals surface area contributed by atoms with E-state index in [1.54, 1.807) is 48.7 Å². The number of rotatable bonds is 6. The number of nitro benzene ring substituents is 1. The van der Waals surface area contributed by atoms with Crippen molar-refractivity contribution in [3.8, 4) is 11.4 Å². The van der Waals surface area contributed by atoms with Gasteiger partial charge in [-0.2, -0.15) is 0 Å². The van der Waals surface area contributed by atoms with Crippen molar-refractivity contribution in [1.29, 1.82) is 0 Å². The van der Waals surface area contributed by atoms with Crippen LogP contribution in [0.1, 0.15) is 17.3 Å². The van der Waals surface area contributed by atoms with Crippen molar-refractivity contribution < 1.29 is 19.2 Å². The number of carbonyl (C=O) groups is 2. The third-order valence-electron chi connectivity index (χ3n) is 4.94. The monoisotopic (exact) mass is 476 g/mol. The van der Waals surface area contributed by atoms with E-state index in [1.807, 2.05) is 6.07 Å². The molecule has 0 spiro atoms. The summed E-state index contributed by atoms with van der Waals surface area (Å²) in [5.41, 5.74) is 1.83. The van der Waals surface area contributed by atoms with Crippen LogP contribution in [0.3, 0.4) is 0 Å². The Kier molecular flexibility index (Phi) is 6.46. The van der Waals surface area contributed by atoms with Crippen LogP contribution in [-0.4, -0.2) is 32.9 Å². The lowest BCUT2D eigenvalue weighted by Gasteiger charge is -2.15. The van der Waals surface area contributed by atoms with Gasteiger partial charge in [0.1, 0.15) is 0 Å². The average Bonchev–Trinajstić information content (AvgIpc) is 2.84. The Hall–Kier alpha value is -4.37. The van der Waals surface area contributed by atoms with Gasteiger partial charge in [-0.1, -0.05) is 35.9 Å². The molecule has 9 nitrogen and oxygen atoms in total. The summed E-state index contributed by atoms with van der Waals surface area (Å²) in [5, 5.41) is 13.9. The zero-order valence-corrected chi connectivity index (χ0v) is 18.5. The topological polar surface area (TPSA) is 124 Å². The second-order valence-corrected chi connectivity index (χ2v) is 7.65. The van der Waals surface area contributed by atoms with Crippen molar-refractivity contribution in [3.63, 3.8) is 0 Å². The van der Waals surface area contributed by atoms with Crippen LogP contribution in [0.5, 0.6) is 0 Å². The quantitative estimate of drug-likeness (QED) is 0.235. The highest BCUT2D eigenvalue weighted by Gasteiger charge is 2.23. The Labute approximate surface area is 198 Å². The van der Waals surface area contributed by atoms with Crippen LogP contribution >= 0.6 is 11.6 Å². The standard InChI is InChI=1S/C24H17ClN4O5/c1-14(23(30)28-20-10-9-15(29(32)33)12-18(20)25)34-24(31)17-13-22(21-8-4-5-11-26-21)27-19-7-3-2-6-16(17)19/h2-14H,1H3,(H,28,30). The number of hydrogen-bond donors (Lipinski definition) is 1. The van der Waals surface area contributed by atoms with Crippen molar-refractivity contribution >= 4 is 45.8 Å². The first-order chi connectivity index (χ1) is 16.3. The van der Waals surface area contributed by atoms with Crippen molar-refractivity contribution in [1.82, 2.24) is 9.97 Å². The largest absolute Gasteiger partial charge is 0.449 e. The van der Waals surface area contributed by atoms with E-state index >= 15 is 0 Å². The van der Waals surface area contributed by atoms with Crippen LogP contribution in [0.2, 0.25) is 5.02 Å². The highest BCUT2D eigenvalue weighted by atomic mass is 35.5. The highest BCUT2D eigenvalue weighted by molar-refractivity contribution is 6.34. The molecule has 1 atom stereocenters. The van der Waals surface area contributed by atoms with Crippen LogP contribution in [0, 0.1) is 10.1 Å². The number of pyridine rings is 2. The van der Waals surface area contributed by atoms with E-state index in [0.717, 1.165) is 6.07 Å². The number of nitrogens with one attached hydrogen (secondary N) is 1. The van der Waals surface area contributed by atoms with Gasteiger partial charge in [-0.25, -0.2) is 9.78 Å². The number of para-hydroxylation sites is 1. The third-order valence-corrected chi connectivity index (χ3v) is 5.25. The number of non-ortho nitro benzene ring substituents is 1. The number of amides is 1. The first kappa shape index (κ1) is 22.8. The van der Waals surface area contributed by atoms with Crippen molar-refractivity contribution in [2.45, 2.75) is 13.0 Å². The Bertz CT molecular complexity index is 1410. The summed E-state index contributed by atoms with van der Waals surface area (Å²) in [6.45, 7) is 1.41. The Morgan fingerprint density at radius 1 is 1.06 bits per heavy atom. The molecule has 2 aromatic heterocycles. The molecular formula is C24H17ClN4O5. The van der Waals surface area contributed by atoms with Crippen LogP contribution in [0.25, 0.3) is 22.3 Å². The predicted molar refractivity (Wildman–Crippen MR) is 127 cm³/mol. The molecule has 0 radical (unpaired) electrons. The number of ether oxygens (including phenoxy) is 1. The molecule has 1 unspecified atom stereocenters. The van der Waals surface area contributed by atoms with Crippen LogP contribution < -0.4 is 5.32 Å². The first-order valence-electron chi connectivity index (χ1n) is 10.1. The van der Waals surface area contributed by atoms with E-state index in [9.17, 15) is 19.7 Å². The summed E-state index contributed by atoms with van der Waals surface area (Å²) in [4.78, 5) is 44.8. The maximum atomic E-state index is 13.0. The molecule has 0 aliphatic carbocycles. The van der Waals surface area contributed by atoms with E-state index in [4.69, 9.17) is 16.3 Å². The number of nitro groups is 1. The second-order valence-electron chi connectivity index (χ2n) is 7.25. The van der Waals surface area contributed by atoms with Gasteiger partial charge >= 0.3 is 5.97 Å². The van der Waals surface area contributed by atoms with Gasteiger partial charge in [0.25, 0.3) is 11.6 Å². The molecule has 2 aromatic carbocycles. The van der Waals surface area contributed by atoms with Gasteiger partial charge in [0.05, 0.1) is 38.1 Å². The molecule has 10 heteroatoms. The first-order valence-corrected chi connectivity index (χ1v) is 10.5. The maximum absolute atomic E-state index is 13.0. The molecule has 170 valence electrons. The summed E-state index contributed by atoms with van der Waals surface area (Å²) in [7, 11) is 0. The predicted octanol–water partition coefficient (Wildman–Crippen LogP) is 5.04. The van der Waals surface area contributed by atoms with Crippen molar-refractivity contribution in [3.05, 3.63) is 93.6 Å². The van der Waals surface area contributed by atoms with Crippen LogP contribution in [0.15, 0.2) is 72.9 Å². The molecule has 0 aliphatic rings. The molecule has 4 rings (SSSR count). The SMILES string of the molecule is CC(OC(=O)c1cc(-c2ccccn2)nc2ccccc12)C(=O)Nc1ccc([N+](=O)[O-])cc1Cl. The number of benzene rings is 2. The van der Waals surface area contributed by atoms with Gasteiger partial charge in [-0.05, 0) is 37.3 Å². The van der Waals surface area contributed by atoms with Crippen molar-refractivity contribution in [2.75, 3.05) is 5.32 Å². The van der Waals surface area contributed by atoms with E-state index in [1.165, 1.54) is 19.1 Å². The minimum absolute atomic E-state index is 0.0128. The normalized spacial score (nSPS) is 11.6. The molecule has 0 bridgehead atoms. The fourth-order valence-electron chi connectivity index (χ4n) is 3.22. The molecular weight excluding hydrogens is 460 g/mol. The smallest absolute Gasteiger partial charge is 0.339 e. The molecule has 0 fully saturated rings. The summed E-state index contributed by atoms with van der Waals surface area (Å²) in [6.07, 6.45) is 0.448. The van der Waals surface area contributed by atoms with Crippen LogP contribution in [0.4, 0.5) is 11.4 Å². The Morgan fingerprint density at radius 2 is 1.82 bits per heavy atom. The van der Waals surface area contributed by atoms with Gasteiger partial charge in [-0.3, -0.25) is 19.9 Å². The van der Waals surface area contributed by atoms with Gasteiger partial charge < -0.3 is 10.1 Å². The molecule has 0 aliphatic heterocycles. The number of aromatic nitrogens is 2. The summed E-state index contributed by atoms with van der Waals surface area (Å²) in [5.74, 6) is -1.36.